The fourth-order valence-corrected chi connectivity index (χ4v) is 4.18. The molecule has 0 bridgehead atoms. The van der Waals surface area contributed by atoms with Crippen molar-refractivity contribution in [2.75, 3.05) is 32.1 Å². The van der Waals surface area contributed by atoms with Crippen LogP contribution < -0.4 is 15.4 Å². The molecule has 3 aromatic carbocycles. The first-order valence-electron chi connectivity index (χ1n) is 9.29. The first kappa shape index (κ1) is 20.0. The molecular formula is C22H25N3O2S. The van der Waals surface area contributed by atoms with Crippen LogP contribution in [0.5, 0.6) is 5.75 Å². The Morgan fingerprint density at radius 3 is 2.68 bits per heavy atom. The summed E-state index contributed by atoms with van der Waals surface area (Å²) in [6.07, 6.45) is 0. The zero-order chi connectivity index (χ0) is 19.9. The molecular weight excluding hydrogens is 370 g/mol. The van der Waals surface area contributed by atoms with Gasteiger partial charge in [0, 0.05) is 24.8 Å². The highest BCUT2D eigenvalue weighted by atomic mass is 32.2. The minimum Gasteiger partial charge on any atom is -0.492 e. The molecule has 0 fully saturated rings. The summed E-state index contributed by atoms with van der Waals surface area (Å²) < 4.78 is 19.0. The van der Waals surface area contributed by atoms with E-state index in [4.69, 9.17) is 10.1 Å². The number of hydrogen-bond donors (Lipinski definition) is 3. The number of anilines is 1. The van der Waals surface area contributed by atoms with E-state index in [1.807, 2.05) is 61.5 Å². The van der Waals surface area contributed by atoms with Crippen LogP contribution in [0.25, 0.3) is 10.8 Å². The molecule has 3 N–H and O–H groups in total. The Kier molecular flexibility index (Phi) is 6.79. The van der Waals surface area contributed by atoms with Gasteiger partial charge in [-0.2, -0.15) is 0 Å². The summed E-state index contributed by atoms with van der Waals surface area (Å²) >= 11 is 0. The fourth-order valence-electron chi connectivity index (χ4n) is 3.00. The first-order chi connectivity index (χ1) is 13.7. The maximum atomic E-state index is 13.2. The Morgan fingerprint density at radius 2 is 1.89 bits per heavy atom. The van der Waals surface area contributed by atoms with Crippen molar-refractivity contribution >= 4 is 32.3 Å². The summed E-state index contributed by atoms with van der Waals surface area (Å²) in [7, 11) is 0.183. The third kappa shape index (κ3) is 4.40. The molecule has 0 spiro atoms. The van der Waals surface area contributed by atoms with Gasteiger partial charge in [-0.25, -0.2) is 4.21 Å². The smallest absolute Gasteiger partial charge is 0.133 e. The quantitative estimate of drug-likeness (QED) is 0.306. The lowest BCUT2D eigenvalue weighted by Crippen LogP contribution is -2.20. The maximum absolute atomic E-state index is 13.2. The second-order valence-electron chi connectivity index (χ2n) is 6.23. The highest BCUT2D eigenvalue weighted by Gasteiger charge is 2.18. The van der Waals surface area contributed by atoms with Crippen LogP contribution in [0.1, 0.15) is 12.5 Å². The van der Waals surface area contributed by atoms with E-state index < -0.39 is 10.8 Å². The topological polar surface area (TPSA) is 74.2 Å². The summed E-state index contributed by atoms with van der Waals surface area (Å²) in [6, 6.07) is 19.0. The van der Waals surface area contributed by atoms with E-state index in [1.54, 1.807) is 13.1 Å². The number of benzene rings is 3. The molecule has 6 heteroatoms. The largest absolute Gasteiger partial charge is 0.492 e. The van der Waals surface area contributed by atoms with Crippen LogP contribution in [0.4, 0.5) is 5.69 Å². The number of hydrogen-bond acceptors (Lipinski definition) is 5. The van der Waals surface area contributed by atoms with Crippen molar-refractivity contribution in [2.45, 2.75) is 11.8 Å². The van der Waals surface area contributed by atoms with E-state index in [0.717, 1.165) is 29.5 Å². The lowest BCUT2D eigenvalue weighted by molar-refractivity contribution is 0.315. The van der Waals surface area contributed by atoms with E-state index >= 15 is 0 Å². The van der Waals surface area contributed by atoms with E-state index in [9.17, 15) is 4.21 Å². The minimum absolute atomic E-state index is 0.0536. The summed E-state index contributed by atoms with van der Waals surface area (Å²) in [5.41, 5.74) is 1.33. The molecule has 0 aliphatic heterocycles. The van der Waals surface area contributed by atoms with Gasteiger partial charge in [-0.3, -0.25) is 5.41 Å². The zero-order valence-corrected chi connectivity index (χ0v) is 16.9. The predicted molar refractivity (Wildman–Crippen MR) is 117 cm³/mol. The van der Waals surface area contributed by atoms with Crippen molar-refractivity contribution in [1.29, 1.82) is 5.41 Å². The molecule has 0 aliphatic carbocycles. The number of fused-ring (bicyclic) bond motifs is 1. The van der Waals surface area contributed by atoms with Gasteiger partial charge in [0.2, 0.25) is 0 Å². The van der Waals surface area contributed by atoms with Gasteiger partial charge in [-0.1, -0.05) is 43.3 Å². The average molecular weight is 396 g/mol. The van der Waals surface area contributed by atoms with Crippen molar-refractivity contribution < 1.29 is 8.95 Å². The Hall–Kier alpha value is -2.70. The van der Waals surface area contributed by atoms with Gasteiger partial charge in [0.15, 0.2) is 0 Å². The van der Waals surface area contributed by atoms with Crippen LogP contribution in [0, 0.1) is 5.41 Å². The molecule has 0 saturated carbocycles. The monoisotopic (exact) mass is 395 g/mol. The van der Waals surface area contributed by atoms with Gasteiger partial charge in [-0.05, 0) is 41.6 Å². The minimum atomic E-state index is -1.61. The predicted octanol–water partition coefficient (Wildman–Crippen LogP) is 4.00. The molecule has 146 valence electrons. The maximum Gasteiger partial charge on any atom is 0.133 e. The Bertz CT molecular complexity index is 999. The van der Waals surface area contributed by atoms with E-state index in [0.29, 0.717) is 22.8 Å². The summed E-state index contributed by atoms with van der Waals surface area (Å²) in [5, 5.41) is 16.9. The third-order valence-corrected chi connectivity index (χ3v) is 5.78. The highest BCUT2D eigenvalue weighted by molar-refractivity contribution is 8.01. The van der Waals surface area contributed by atoms with Crippen molar-refractivity contribution in [3.63, 3.8) is 0 Å². The number of rotatable bonds is 8. The lowest BCUT2D eigenvalue weighted by Gasteiger charge is -2.14. The second-order valence-corrected chi connectivity index (χ2v) is 7.62. The summed E-state index contributed by atoms with van der Waals surface area (Å²) in [6.45, 7) is 4.22. The third-order valence-electron chi connectivity index (χ3n) is 4.44. The van der Waals surface area contributed by atoms with Gasteiger partial charge in [0.05, 0.1) is 4.90 Å². The molecule has 0 amide bonds. The van der Waals surface area contributed by atoms with Crippen molar-refractivity contribution in [3.8, 4) is 5.75 Å². The zero-order valence-electron chi connectivity index (χ0n) is 16.1. The Labute approximate surface area is 168 Å². The van der Waals surface area contributed by atoms with E-state index in [2.05, 4.69) is 10.6 Å². The fraction of sp³-hybridized carbons (Fsp3) is 0.227. The summed E-state index contributed by atoms with van der Waals surface area (Å²) in [4.78, 5) is 0.642. The van der Waals surface area contributed by atoms with Gasteiger partial charge in [0.1, 0.15) is 28.2 Å². The molecule has 1 atom stereocenters. The molecule has 0 radical (unpaired) electrons. The van der Waals surface area contributed by atoms with Gasteiger partial charge >= 0.3 is 0 Å². The van der Waals surface area contributed by atoms with Crippen LogP contribution in [0.3, 0.4) is 0 Å². The Morgan fingerprint density at radius 1 is 1.11 bits per heavy atom. The van der Waals surface area contributed by atoms with Crippen LogP contribution in [0.15, 0.2) is 65.6 Å². The summed E-state index contributed by atoms with van der Waals surface area (Å²) in [5.74, 6) is 0.659. The normalized spacial score (nSPS) is 11.9. The lowest BCUT2D eigenvalue weighted by atomic mass is 10.1. The average Bonchev–Trinajstić information content (AvgIpc) is 2.75. The SMILES string of the molecule is CCNCCOc1ccc(NC)c(C(=N)S(=O)c2cccc3ccccc23)c1. The van der Waals surface area contributed by atoms with E-state index in [1.165, 1.54) is 0 Å². The van der Waals surface area contributed by atoms with Gasteiger partial charge in [0.25, 0.3) is 0 Å². The Balaban J connectivity index is 1.90. The van der Waals surface area contributed by atoms with Crippen molar-refractivity contribution in [2.24, 2.45) is 0 Å². The van der Waals surface area contributed by atoms with Crippen molar-refractivity contribution in [3.05, 3.63) is 66.2 Å². The number of nitrogens with one attached hydrogen (secondary N) is 3. The molecule has 0 saturated heterocycles. The van der Waals surface area contributed by atoms with Gasteiger partial charge in [-0.15, -0.1) is 0 Å². The molecule has 0 aromatic heterocycles. The van der Waals surface area contributed by atoms with Crippen LogP contribution in [-0.4, -0.2) is 36.0 Å². The van der Waals surface area contributed by atoms with Gasteiger partial charge < -0.3 is 15.4 Å². The molecule has 0 aliphatic rings. The molecule has 3 aromatic rings. The number of likely N-dealkylation sites (N-methyl/N-ethyl adjacent to an activating group) is 1. The first-order valence-corrected chi connectivity index (χ1v) is 10.4. The second kappa shape index (κ2) is 9.48. The van der Waals surface area contributed by atoms with Crippen molar-refractivity contribution in [1.82, 2.24) is 5.32 Å². The number of ether oxygens (including phenoxy) is 1. The van der Waals surface area contributed by atoms with Crippen LogP contribution >= 0.6 is 0 Å². The molecule has 28 heavy (non-hydrogen) atoms. The molecule has 5 nitrogen and oxygen atoms in total. The van der Waals surface area contributed by atoms with Crippen LogP contribution in [0.2, 0.25) is 0 Å². The highest BCUT2D eigenvalue weighted by Crippen LogP contribution is 2.28. The van der Waals surface area contributed by atoms with E-state index in [-0.39, 0.29) is 5.04 Å². The molecule has 0 heterocycles. The standard InChI is InChI=1S/C22H25N3O2S/c1-3-25-13-14-27-17-11-12-20(24-2)19(15-17)22(23)28(26)21-10-6-8-16-7-4-5-9-18(16)21/h4-12,15,23-25H,3,13-14H2,1-2H3. The molecule has 3 rings (SSSR count). The molecule has 1 unspecified atom stereocenters. The van der Waals surface area contributed by atoms with Crippen LogP contribution in [-0.2, 0) is 10.8 Å².